The van der Waals surface area contributed by atoms with Crippen LogP contribution in [-0.2, 0) is 0 Å². The number of carbonyl (C=O) groups is 1. The summed E-state index contributed by atoms with van der Waals surface area (Å²) in [5.41, 5.74) is 0.271. The first-order chi connectivity index (χ1) is 10.9. The van der Waals surface area contributed by atoms with Gasteiger partial charge in [0.15, 0.2) is 0 Å². The molecule has 2 rings (SSSR count). The van der Waals surface area contributed by atoms with Crippen LogP contribution in [0.5, 0.6) is 5.75 Å². The van der Waals surface area contributed by atoms with Gasteiger partial charge in [-0.05, 0) is 24.3 Å². The molecule has 0 saturated heterocycles. The Morgan fingerprint density at radius 1 is 1.04 bits per heavy atom. The van der Waals surface area contributed by atoms with Crippen LogP contribution in [0, 0.1) is 0 Å². The van der Waals surface area contributed by atoms with Crippen molar-refractivity contribution in [3.8, 4) is 5.75 Å². The maximum absolute atomic E-state index is 11.2. The highest BCUT2D eigenvalue weighted by Gasteiger charge is 2.14. The average Bonchev–Trinajstić information content (AvgIpc) is 2.48. The van der Waals surface area contributed by atoms with Crippen LogP contribution in [0.1, 0.15) is 10.4 Å². The van der Waals surface area contributed by atoms with Crippen LogP contribution in [0.25, 0.3) is 0 Å². The number of halogens is 4. The fourth-order valence-corrected chi connectivity index (χ4v) is 2.74. The van der Waals surface area contributed by atoms with Crippen molar-refractivity contribution in [1.82, 2.24) is 0 Å². The lowest BCUT2D eigenvalue weighted by atomic mass is 10.2. The van der Waals surface area contributed by atoms with Crippen molar-refractivity contribution < 1.29 is 14.6 Å². The van der Waals surface area contributed by atoms with Crippen molar-refractivity contribution in [3.63, 3.8) is 0 Å². The maximum Gasteiger partial charge on any atom is 0.337 e. The monoisotopic (exact) mass is 393 g/mol. The Labute approximate surface area is 152 Å². The Hall–Kier alpha value is -1.33. The van der Waals surface area contributed by atoms with Crippen LogP contribution in [0.15, 0.2) is 30.3 Å². The number of aromatic carboxylic acids is 1. The molecule has 0 atom stereocenters. The number of anilines is 1. The van der Waals surface area contributed by atoms with Crippen LogP contribution in [-0.4, -0.2) is 24.2 Å². The molecule has 0 spiro atoms. The van der Waals surface area contributed by atoms with Crippen molar-refractivity contribution in [2.24, 2.45) is 0 Å². The van der Waals surface area contributed by atoms with Crippen LogP contribution >= 0.6 is 46.4 Å². The van der Waals surface area contributed by atoms with E-state index in [9.17, 15) is 9.90 Å². The van der Waals surface area contributed by atoms with E-state index in [0.717, 1.165) is 0 Å². The molecule has 0 unspecified atom stereocenters. The van der Waals surface area contributed by atoms with Crippen molar-refractivity contribution in [2.75, 3.05) is 18.5 Å². The van der Waals surface area contributed by atoms with E-state index in [0.29, 0.717) is 22.3 Å². The molecule has 0 saturated carbocycles. The topological polar surface area (TPSA) is 58.6 Å². The number of ether oxygens (including phenoxy) is 1. The molecule has 2 N–H and O–H groups in total. The number of hydrogen-bond acceptors (Lipinski definition) is 3. The lowest BCUT2D eigenvalue weighted by Gasteiger charge is -2.13. The maximum atomic E-state index is 11.2. The van der Waals surface area contributed by atoms with Gasteiger partial charge in [-0.2, -0.15) is 0 Å². The summed E-state index contributed by atoms with van der Waals surface area (Å²) >= 11 is 23.7. The van der Waals surface area contributed by atoms with Crippen molar-refractivity contribution >= 4 is 58.1 Å². The molecule has 122 valence electrons. The molecular weight excluding hydrogens is 384 g/mol. The van der Waals surface area contributed by atoms with Crippen molar-refractivity contribution in [1.29, 1.82) is 0 Å². The van der Waals surface area contributed by atoms with Gasteiger partial charge < -0.3 is 15.2 Å². The molecule has 8 heteroatoms. The Kier molecular flexibility index (Phi) is 6.25. The van der Waals surface area contributed by atoms with Gasteiger partial charge in [-0.25, -0.2) is 4.79 Å². The summed E-state index contributed by atoms with van der Waals surface area (Å²) in [5, 5.41) is 13.5. The molecule has 2 aromatic carbocycles. The summed E-state index contributed by atoms with van der Waals surface area (Å²) in [7, 11) is 0. The van der Waals surface area contributed by atoms with E-state index >= 15 is 0 Å². The SMILES string of the molecule is O=C(O)c1cc(Cl)cc(Cl)c1NCCOc1cc(Cl)ccc1Cl. The third-order valence-corrected chi connectivity index (χ3v) is 3.90. The van der Waals surface area contributed by atoms with Gasteiger partial charge in [0.05, 0.1) is 21.3 Å². The summed E-state index contributed by atoms with van der Waals surface area (Å²) in [6.07, 6.45) is 0. The smallest absolute Gasteiger partial charge is 0.337 e. The number of benzene rings is 2. The van der Waals surface area contributed by atoms with E-state index in [1.165, 1.54) is 12.1 Å². The van der Waals surface area contributed by atoms with E-state index in [-0.39, 0.29) is 27.9 Å². The van der Waals surface area contributed by atoms with Gasteiger partial charge in [0, 0.05) is 22.7 Å². The van der Waals surface area contributed by atoms with E-state index in [1.807, 2.05) is 0 Å². The summed E-state index contributed by atoms with van der Waals surface area (Å²) in [4.78, 5) is 11.2. The fraction of sp³-hybridized carbons (Fsp3) is 0.133. The number of rotatable bonds is 6. The van der Waals surface area contributed by atoms with Crippen LogP contribution in [0.2, 0.25) is 20.1 Å². The molecule has 0 aromatic heterocycles. The van der Waals surface area contributed by atoms with Crippen LogP contribution in [0.3, 0.4) is 0 Å². The highest BCUT2D eigenvalue weighted by Crippen LogP contribution is 2.30. The minimum atomic E-state index is -1.13. The molecule has 0 aliphatic rings. The second kappa shape index (κ2) is 7.97. The fourth-order valence-electron chi connectivity index (χ4n) is 1.85. The lowest BCUT2D eigenvalue weighted by Crippen LogP contribution is -2.14. The highest BCUT2D eigenvalue weighted by atomic mass is 35.5. The Morgan fingerprint density at radius 2 is 1.78 bits per heavy atom. The number of hydrogen-bond donors (Lipinski definition) is 2. The predicted molar refractivity (Wildman–Crippen MR) is 93.9 cm³/mol. The Bertz CT molecular complexity index is 737. The summed E-state index contributed by atoms with van der Waals surface area (Å²) in [6.45, 7) is 0.544. The molecule has 4 nitrogen and oxygen atoms in total. The number of carboxylic acid groups (broad SMARTS) is 1. The number of carboxylic acids is 1. The Balaban J connectivity index is 2.02. The first kappa shape index (κ1) is 18.0. The van der Waals surface area contributed by atoms with E-state index in [4.69, 9.17) is 51.1 Å². The lowest BCUT2D eigenvalue weighted by molar-refractivity contribution is 0.0698. The predicted octanol–water partition coefficient (Wildman–Crippen LogP) is 5.49. The zero-order valence-corrected chi connectivity index (χ0v) is 14.6. The summed E-state index contributed by atoms with van der Waals surface area (Å²) in [5.74, 6) is -0.683. The second-order valence-electron chi connectivity index (χ2n) is 4.47. The quantitative estimate of drug-likeness (QED) is 0.636. The van der Waals surface area contributed by atoms with Crippen molar-refractivity contribution in [2.45, 2.75) is 0 Å². The van der Waals surface area contributed by atoms with E-state index < -0.39 is 5.97 Å². The molecule has 0 aliphatic heterocycles. The number of nitrogens with one attached hydrogen (secondary N) is 1. The minimum absolute atomic E-state index is 0.0108. The molecular formula is C15H11Cl4NO3. The molecule has 0 aliphatic carbocycles. The minimum Gasteiger partial charge on any atom is -0.490 e. The van der Waals surface area contributed by atoms with Gasteiger partial charge in [-0.15, -0.1) is 0 Å². The standard InChI is InChI=1S/C15H11Cl4NO3/c16-8-1-2-11(18)13(7-8)23-4-3-20-14-10(15(21)22)5-9(17)6-12(14)19/h1-2,5-7,20H,3-4H2,(H,21,22). The molecule has 0 fully saturated rings. The van der Waals surface area contributed by atoms with Gasteiger partial charge in [-0.3, -0.25) is 0 Å². The first-order valence-corrected chi connectivity index (χ1v) is 7.93. The van der Waals surface area contributed by atoms with Crippen molar-refractivity contribution in [3.05, 3.63) is 56.0 Å². The highest BCUT2D eigenvalue weighted by molar-refractivity contribution is 6.37. The largest absolute Gasteiger partial charge is 0.490 e. The third kappa shape index (κ3) is 4.82. The third-order valence-electron chi connectivity index (χ3n) is 2.84. The summed E-state index contributed by atoms with van der Waals surface area (Å²) in [6, 6.07) is 7.67. The Morgan fingerprint density at radius 3 is 2.48 bits per heavy atom. The normalized spacial score (nSPS) is 10.4. The molecule has 0 bridgehead atoms. The van der Waals surface area contributed by atoms with Crippen LogP contribution < -0.4 is 10.1 Å². The van der Waals surface area contributed by atoms with Gasteiger partial charge in [0.25, 0.3) is 0 Å². The molecule has 0 radical (unpaired) electrons. The van der Waals surface area contributed by atoms with E-state index in [2.05, 4.69) is 5.32 Å². The zero-order chi connectivity index (χ0) is 17.0. The second-order valence-corrected chi connectivity index (χ2v) is 6.15. The summed E-state index contributed by atoms with van der Waals surface area (Å²) < 4.78 is 5.51. The van der Waals surface area contributed by atoms with Gasteiger partial charge >= 0.3 is 5.97 Å². The first-order valence-electron chi connectivity index (χ1n) is 6.42. The molecule has 0 heterocycles. The van der Waals surface area contributed by atoms with Gasteiger partial charge in [0.2, 0.25) is 0 Å². The van der Waals surface area contributed by atoms with Crippen LogP contribution in [0.4, 0.5) is 5.69 Å². The molecule has 0 amide bonds. The average molecular weight is 395 g/mol. The van der Waals surface area contributed by atoms with Gasteiger partial charge in [0.1, 0.15) is 12.4 Å². The van der Waals surface area contributed by atoms with E-state index in [1.54, 1.807) is 18.2 Å². The molecule has 23 heavy (non-hydrogen) atoms. The molecule has 2 aromatic rings. The van der Waals surface area contributed by atoms with Gasteiger partial charge in [-0.1, -0.05) is 46.4 Å². The zero-order valence-electron chi connectivity index (χ0n) is 11.6.